The molecule has 0 aliphatic carbocycles. The molecule has 20 heavy (non-hydrogen) atoms. The van der Waals surface area contributed by atoms with Crippen molar-refractivity contribution in [2.45, 2.75) is 30.2 Å². The van der Waals surface area contributed by atoms with Gasteiger partial charge in [-0.15, -0.1) is 0 Å². The summed E-state index contributed by atoms with van der Waals surface area (Å²) < 4.78 is 26.7. The van der Waals surface area contributed by atoms with Crippen LogP contribution in [-0.2, 0) is 10.0 Å². The van der Waals surface area contributed by atoms with Crippen molar-refractivity contribution in [1.82, 2.24) is 4.31 Å². The molecular formula is C12H16Cl2N2O3S. The van der Waals surface area contributed by atoms with Gasteiger partial charge >= 0.3 is 0 Å². The van der Waals surface area contributed by atoms with Gasteiger partial charge < -0.3 is 10.8 Å². The van der Waals surface area contributed by atoms with Crippen LogP contribution in [0.25, 0.3) is 0 Å². The van der Waals surface area contributed by atoms with Gasteiger partial charge in [-0.1, -0.05) is 29.6 Å². The fraction of sp³-hybridized carbons (Fsp3) is 0.500. The van der Waals surface area contributed by atoms with Crippen molar-refractivity contribution in [3.8, 4) is 0 Å². The molecule has 0 spiro atoms. The number of nitrogens with two attached hydrogens (primary N) is 1. The van der Waals surface area contributed by atoms with Crippen LogP contribution in [0.15, 0.2) is 17.0 Å². The van der Waals surface area contributed by atoms with Crippen LogP contribution in [0.5, 0.6) is 0 Å². The van der Waals surface area contributed by atoms with E-state index in [1.807, 2.05) is 0 Å². The molecule has 1 aromatic carbocycles. The maximum Gasteiger partial charge on any atom is 0.246 e. The number of rotatable bonds is 3. The van der Waals surface area contributed by atoms with E-state index in [1.165, 1.54) is 16.4 Å². The maximum atomic E-state index is 12.7. The van der Waals surface area contributed by atoms with E-state index in [9.17, 15) is 13.5 Å². The number of nitrogens with zero attached hydrogens (tertiary/aromatic N) is 1. The Bertz CT molecular complexity index is 584. The summed E-state index contributed by atoms with van der Waals surface area (Å²) in [5, 5.41) is 9.64. The van der Waals surface area contributed by atoms with Crippen molar-refractivity contribution < 1.29 is 13.5 Å². The second-order valence-corrected chi connectivity index (χ2v) is 7.42. The molecule has 1 aliphatic rings. The van der Waals surface area contributed by atoms with Crippen LogP contribution in [0.3, 0.4) is 0 Å². The van der Waals surface area contributed by atoms with Crippen LogP contribution in [0.2, 0.25) is 10.0 Å². The molecule has 1 unspecified atom stereocenters. The third-order valence-electron chi connectivity index (χ3n) is 3.39. The highest BCUT2D eigenvalue weighted by Gasteiger charge is 2.35. The van der Waals surface area contributed by atoms with Crippen molar-refractivity contribution >= 4 is 38.9 Å². The molecule has 2 rings (SSSR count). The first-order valence-corrected chi connectivity index (χ1v) is 8.44. The second-order valence-electron chi connectivity index (χ2n) is 4.75. The first kappa shape index (κ1) is 15.9. The minimum atomic E-state index is -3.84. The Labute approximate surface area is 128 Å². The van der Waals surface area contributed by atoms with Gasteiger partial charge in [-0.3, -0.25) is 0 Å². The Balaban J connectivity index is 2.49. The summed E-state index contributed by atoms with van der Waals surface area (Å²) in [4.78, 5) is -0.135. The number of hydrogen-bond donors (Lipinski definition) is 2. The van der Waals surface area contributed by atoms with Gasteiger partial charge in [0, 0.05) is 17.6 Å². The third-order valence-corrected chi connectivity index (χ3v) is 6.09. The number of nitrogen functional groups attached to an aromatic ring is 1. The molecule has 0 bridgehead atoms. The summed E-state index contributed by atoms with van der Waals surface area (Å²) in [5.74, 6) is 0. The number of benzene rings is 1. The zero-order valence-electron chi connectivity index (χ0n) is 10.7. The number of sulfonamides is 1. The minimum absolute atomic E-state index is 0.00253. The number of aliphatic hydroxyl groups excluding tert-OH is 1. The number of piperidine rings is 1. The largest absolute Gasteiger partial charge is 0.398 e. The quantitative estimate of drug-likeness (QED) is 0.826. The van der Waals surface area contributed by atoms with E-state index in [1.54, 1.807) is 0 Å². The summed E-state index contributed by atoms with van der Waals surface area (Å²) in [6.45, 7) is 0.135. The lowest BCUT2D eigenvalue weighted by Gasteiger charge is -2.33. The fourth-order valence-electron chi connectivity index (χ4n) is 2.44. The zero-order valence-corrected chi connectivity index (χ0v) is 13.0. The predicted molar refractivity (Wildman–Crippen MR) is 79.5 cm³/mol. The normalized spacial score (nSPS) is 21.1. The molecule has 1 heterocycles. The SMILES string of the molecule is Nc1cc(Cl)cc(Cl)c1S(=O)(=O)N1CCCCC1CO. The molecule has 1 saturated heterocycles. The summed E-state index contributed by atoms with van der Waals surface area (Å²) in [7, 11) is -3.84. The molecule has 112 valence electrons. The Hall–Kier alpha value is -0.530. The molecule has 3 N–H and O–H groups in total. The molecule has 8 heteroatoms. The van der Waals surface area contributed by atoms with Crippen LogP contribution in [0, 0.1) is 0 Å². The standard InChI is InChI=1S/C12H16Cl2N2O3S/c13-8-5-10(14)12(11(15)6-8)20(18,19)16-4-2-1-3-9(16)7-17/h5-6,9,17H,1-4,7,15H2. The van der Waals surface area contributed by atoms with E-state index in [0.29, 0.717) is 13.0 Å². The molecule has 1 atom stereocenters. The third kappa shape index (κ3) is 2.89. The molecule has 0 amide bonds. The van der Waals surface area contributed by atoms with Crippen LogP contribution >= 0.6 is 23.2 Å². The molecule has 1 fully saturated rings. The van der Waals surface area contributed by atoms with Gasteiger partial charge in [0.05, 0.1) is 17.3 Å². The van der Waals surface area contributed by atoms with E-state index in [2.05, 4.69) is 0 Å². The van der Waals surface area contributed by atoms with Crippen LogP contribution in [-0.4, -0.2) is 37.0 Å². The van der Waals surface area contributed by atoms with Crippen molar-refractivity contribution in [3.63, 3.8) is 0 Å². The van der Waals surface area contributed by atoms with Gasteiger partial charge in [0.15, 0.2) is 0 Å². The molecule has 1 aromatic rings. The van der Waals surface area contributed by atoms with Crippen molar-refractivity contribution in [2.75, 3.05) is 18.9 Å². The average Bonchev–Trinajstić information content (AvgIpc) is 2.37. The highest BCUT2D eigenvalue weighted by atomic mass is 35.5. The second kappa shape index (κ2) is 6.07. The predicted octanol–water partition coefficient (Wildman–Crippen LogP) is 2.11. The van der Waals surface area contributed by atoms with Gasteiger partial charge in [0.1, 0.15) is 4.90 Å². The number of anilines is 1. The van der Waals surface area contributed by atoms with Crippen LogP contribution < -0.4 is 5.73 Å². The lowest BCUT2D eigenvalue weighted by atomic mass is 10.1. The summed E-state index contributed by atoms with van der Waals surface area (Å²) in [5.41, 5.74) is 5.78. The van der Waals surface area contributed by atoms with E-state index in [0.717, 1.165) is 12.8 Å². The molecule has 0 saturated carbocycles. The Morgan fingerprint density at radius 2 is 2.05 bits per heavy atom. The van der Waals surface area contributed by atoms with Crippen LogP contribution in [0.4, 0.5) is 5.69 Å². The Kier molecular flexibility index (Phi) is 4.81. The monoisotopic (exact) mass is 338 g/mol. The average molecular weight is 339 g/mol. The maximum absolute atomic E-state index is 12.7. The first-order chi connectivity index (χ1) is 9.37. The lowest BCUT2D eigenvalue weighted by Crippen LogP contribution is -2.45. The van der Waals surface area contributed by atoms with Crippen LogP contribution in [0.1, 0.15) is 19.3 Å². The summed E-state index contributed by atoms with van der Waals surface area (Å²) >= 11 is 11.8. The van der Waals surface area contributed by atoms with E-state index >= 15 is 0 Å². The van der Waals surface area contributed by atoms with E-state index in [4.69, 9.17) is 28.9 Å². The highest BCUT2D eigenvalue weighted by molar-refractivity contribution is 7.89. The molecule has 0 aromatic heterocycles. The Morgan fingerprint density at radius 3 is 2.65 bits per heavy atom. The van der Waals surface area contributed by atoms with Crippen molar-refractivity contribution in [2.24, 2.45) is 0 Å². The topological polar surface area (TPSA) is 83.6 Å². The smallest absolute Gasteiger partial charge is 0.246 e. The van der Waals surface area contributed by atoms with Gasteiger partial charge in [-0.2, -0.15) is 4.31 Å². The summed E-state index contributed by atoms with van der Waals surface area (Å²) in [6, 6.07) is 2.28. The van der Waals surface area contributed by atoms with E-state index in [-0.39, 0.29) is 27.2 Å². The van der Waals surface area contributed by atoms with Gasteiger partial charge in [-0.05, 0) is 25.0 Å². The fourth-order valence-corrected chi connectivity index (χ4v) is 5.07. The molecule has 1 aliphatic heterocycles. The van der Waals surface area contributed by atoms with Gasteiger partial charge in [-0.25, -0.2) is 8.42 Å². The number of aliphatic hydroxyl groups is 1. The minimum Gasteiger partial charge on any atom is -0.398 e. The Morgan fingerprint density at radius 1 is 1.35 bits per heavy atom. The zero-order chi connectivity index (χ0) is 14.9. The lowest BCUT2D eigenvalue weighted by molar-refractivity contribution is 0.155. The molecule has 5 nitrogen and oxygen atoms in total. The van der Waals surface area contributed by atoms with Gasteiger partial charge in [0.2, 0.25) is 10.0 Å². The number of halogens is 2. The number of hydrogen-bond acceptors (Lipinski definition) is 4. The van der Waals surface area contributed by atoms with Crippen molar-refractivity contribution in [3.05, 3.63) is 22.2 Å². The summed E-state index contributed by atoms with van der Waals surface area (Å²) in [6.07, 6.45) is 2.27. The first-order valence-electron chi connectivity index (χ1n) is 6.25. The van der Waals surface area contributed by atoms with Crippen molar-refractivity contribution in [1.29, 1.82) is 0 Å². The molecule has 0 radical (unpaired) electrons. The molecular weight excluding hydrogens is 323 g/mol. The highest BCUT2D eigenvalue weighted by Crippen LogP contribution is 2.35. The van der Waals surface area contributed by atoms with E-state index < -0.39 is 16.1 Å². The van der Waals surface area contributed by atoms with Gasteiger partial charge in [0.25, 0.3) is 0 Å².